The molecule has 0 aliphatic carbocycles. The van der Waals surface area contributed by atoms with Crippen molar-refractivity contribution >= 4 is 0 Å². The number of aliphatic hydroxyl groups excluding tert-OH is 1. The third kappa shape index (κ3) is 3.42. The summed E-state index contributed by atoms with van der Waals surface area (Å²) in [6.45, 7) is 2.64. The van der Waals surface area contributed by atoms with Crippen LogP contribution in [0.2, 0.25) is 0 Å². The molecule has 6 heteroatoms. The van der Waals surface area contributed by atoms with E-state index in [1.54, 1.807) is 24.5 Å². The summed E-state index contributed by atoms with van der Waals surface area (Å²) >= 11 is 0. The normalized spacial score (nSPS) is 11.9. The lowest BCUT2D eigenvalue weighted by atomic mass is 10.1. The summed E-state index contributed by atoms with van der Waals surface area (Å²) in [5.41, 5.74) is 1.06. The third-order valence-corrected chi connectivity index (χ3v) is 2.68. The highest BCUT2D eigenvalue weighted by Gasteiger charge is 2.14. The van der Waals surface area contributed by atoms with Crippen molar-refractivity contribution < 1.29 is 14.6 Å². The summed E-state index contributed by atoms with van der Waals surface area (Å²) in [6.07, 6.45) is 4.56. The maximum atomic E-state index is 10.3. The minimum atomic E-state index is -0.899. The summed E-state index contributed by atoms with van der Waals surface area (Å²) in [4.78, 5) is 12.0. The quantitative estimate of drug-likeness (QED) is 0.865. The summed E-state index contributed by atoms with van der Waals surface area (Å²) in [7, 11) is 1.51. The van der Waals surface area contributed by atoms with Gasteiger partial charge in [-0.15, -0.1) is 0 Å². The Kier molecular flexibility index (Phi) is 4.84. The number of hydrogen-bond acceptors (Lipinski definition) is 6. The smallest absolute Gasteiger partial charge is 0.216 e. The van der Waals surface area contributed by atoms with Gasteiger partial charge in [-0.3, -0.25) is 4.98 Å². The van der Waals surface area contributed by atoms with Crippen LogP contribution in [0.1, 0.15) is 30.7 Å². The molecule has 0 amide bonds. The molecule has 0 fully saturated rings. The lowest BCUT2D eigenvalue weighted by Gasteiger charge is -2.12. The first-order valence-electron chi connectivity index (χ1n) is 6.36. The van der Waals surface area contributed by atoms with Crippen LogP contribution in [0, 0.1) is 0 Å². The van der Waals surface area contributed by atoms with Crippen molar-refractivity contribution in [1.29, 1.82) is 0 Å². The standard InChI is InChI=1S/C14H17N3O3/c1-3-4-20-11-5-10(7-15-8-11)14(18)12-6-13(19-2)17-9-16-12/h5-9,14,18H,3-4H2,1-2H3. The van der Waals surface area contributed by atoms with E-state index in [2.05, 4.69) is 15.0 Å². The molecular weight excluding hydrogens is 258 g/mol. The second-order valence-electron chi connectivity index (χ2n) is 4.19. The maximum Gasteiger partial charge on any atom is 0.216 e. The van der Waals surface area contributed by atoms with Crippen LogP contribution in [-0.2, 0) is 0 Å². The molecule has 2 aromatic heterocycles. The first kappa shape index (κ1) is 14.2. The third-order valence-electron chi connectivity index (χ3n) is 2.68. The fourth-order valence-corrected chi connectivity index (χ4v) is 1.67. The molecule has 2 heterocycles. The molecule has 1 unspecified atom stereocenters. The molecule has 0 spiro atoms. The van der Waals surface area contributed by atoms with Gasteiger partial charge in [-0.2, -0.15) is 0 Å². The first-order valence-corrected chi connectivity index (χ1v) is 6.36. The molecule has 0 aromatic carbocycles. The zero-order valence-corrected chi connectivity index (χ0v) is 11.5. The molecule has 0 saturated heterocycles. The van der Waals surface area contributed by atoms with Crippen LogP contribution in [0.25, 0.3) is 0 Å². The number of aliphatic hydroxyl groups is 1. The van der Waals surface area contributed by atoms with Crippen molar-refractivity contribution in [2.24, 2.45) is 0 Å². The first-order chi connectivity index (χ1) is 9.74. The Labute approximate surface area is 117 Å². The van der Waals surface area contributed by atoms with Crippen molar-refractivity contribution in [1.82, 2.24) is 15.0 Å². The van der Waals surface area contributed by atoms with Gasteiger partial charge in [-0.05, 0) is 12.5 Å². The van der Waals surface area contributed by atoms with Gasteiger partial charge in [0.1, 0.15) is 18.2 Å². The van der Waals surface area contributed by atoms with Crippen LogP contribution in [0.4, 0.5) is 0 Å². The number of rotatable bonds is 6. The average molecular weight is 275 g/mol. The van der Waals surface area contributed by atoms with Gasteiger partial charge in [0.2, 0.25) is 5.88 Å². The van der Waals surface area contributed by atoms with E-state index in [0.29, 0.717) is 29.5 Å². The number of ether oxygens (including phenoxy) is 2. The second-order valence-corrected chi connectivity index (χ2v) is 4.19. The molecule has 0 aliphatic heterocycles. The fourth-order valence-electron chi connectivity index (χ4n) is 1.67. The molecule has 1 N–H and O–H groups in total. The summed E-state index contributed by atoms with van der Waals surface area (Å²) in [6, 6.07) is 3.34. The van der Waals surface area contributed by atoms with E-state index in [4.69, 9.17) is 9.47 Å². The zero-order chi connectivity index (χ0) is 14.4. The van der Waals surface area contributed by atoms with Crippen LogP contribution in [0.3, 0.4) is 0 Å². The van der Waals surface area contributed by atoms with E-state index < -0.39 is 6.10 Å². The van der Waals surface area contributed by atoms with Crippen molar-refractivity contribution in [2.45, 2.75) is 19.4 Å². The summed E-state index contributed by atoms with van der Waals surface area (Å²) < 4.78 is 10.5. The van der Waals surface area contributed by atoms with E-state index in [1.165, 1.54) is 13.4 Å². The van der Waals surface area contributed by atoms with E-state index in [1.807, 2.05) is 6.92 Å². The largest absolute Gasteiger partial charge is 0.492 e. The zero-order valence-electron chi connectivity index (χ0n) is 11.5. The van der Waals surface area contributed by atoms with Crippen molar-refractivity contribution in [3.63, 3.8) is 0 Å². The average Bonchev–Trinajstić information content (AvgIpc) is 2.52. The lowest BCUT2D eigenvalue weighted by Crippen LogP contribution is -2.05. The fraction of sp³-hybridized carbons (Fsp3) is 0.357. The highest BCUT2D eigenvalue weighted by atomic mass is 16.5. The van der Waals surface area contributed by atoms with Gasteiger partial charge in [0.25, 0.3) is 0 Å². The summed E-state index contributed by atoms with van der Waals surface area (Å²) in [5.74, 6) is 1.03. The number of pyridine rings is 1. The Morgan fingerprint density at radius 1 is 1.25 bits per heavy atom. The molecule has 0 saturated carbocycles. The molecule has 6 nitrogen and oxygen atoms in total. The van der Waals surface area contributed by atoms with E-state index in [0.717, 1.165) is 6.42 Å². The molecule has 2 rings (SSSR count). The number of aromatic nitrogens is 3. The molecule has 0 aliphatic rings. The highest BCUT2D eigenvalue weighted by molar-refractivity contribution is 5.30. The summed E-state index contributed by atoms with van der Waals surface area (Å²) in [5, 5.41) is 10.3. The molecule has 106 valence electrons. The Morgan fingerprint density at radius 2 is 2.10 bits per heavy atom. The molecule has 0 bridgehead atoms. The predicted molar refractivity (Wildman–Crippen MR) is 72.7 cm³/mol. The van der Waals surface area contributed by atoms with Crippen molar-refractivity contribution in [3.8, 4) is 11.6 Å². The predicted octanol–water partition coefficient (Wildman–Crippen LogP) is 1.75. The maximum absolute atomic E-state index is 10.3. The topological polar surface area (TPSA) is 77.4 Å². The number of nitrogens with zero attached hydrogens (tertiary/aromatic N) is 3. The van der Waals surface area contributed by atoms with Gasteiger partial charge < -0.3 is 14.6 Å². The van der Waals surface area contributed by atoms with Crippen molar-refractivity contribution in [2.75, 3.05) is 13.7 Å². The van der Waals surface area contributed by atoms with Crippen LogP contribution >= 0.6 is 0 Å². The second kappa shape index (κ2) is 6.81. The van der Waals surface area contributed by atoms with Crippen LogP contribution in [0.15, 0.2) is 30.9 Å². The van der Waals surface area contributed by atoms with Crippen LogP contribution in [-0.4, -0.2) is 33.8 Å². The molecular formula is C14H17N3O3. The van der Waals surface area contributed by atoms with Gasteiger partial charge in [0.05, 0.1) is 25.6 Å². The van der Waals surface area contributed by atoms with Gasteiger partial charge in [-0.1, -0.05) is 6.92 Å². The highest BCUT2D eigenvalue weighted by Crippen LogP contribution is 2.24. The Morgan fingerprint density at radius 3 is 2.85 bits per heavy atom. The lowest BCUT2D eigenvalue weighted by molar-refractivity contribution is 0.212. The Bertz CT molecular complexity index is 563. The minimum absolute atomic E-state index is 0.403. The molecule has 1 atom stereocenters. The van der Waals surface area contributed by atoms with Crippen LogP contribution < -0.4 is 9.47 Å². The van der Waals surface area contributed by atoms with Gasteiger partial charge in [0, 0.05) is 17.8 Å². The van der Waals surface area contributed by atoms with Crippen molar-refractivity contribution in [3.05, 3.63) is 42.1 Å². The molecule has 0 radical (unpaired) electrons. The van der Waals surface area contributed by atoms with E-state index >= 15 is 0 Å². The number of methoxy groups -OCH3 is 1. The molecule has 20 heavy (non-hydrogen) atoms. The SMILES string of the molecule is CCCOc1cncc(C(O)c2cc(OC)ncn2)c1. The van der Waals surface area contributed by atoms with Gasteiger partial charge in [-0.25, -0.2) is 9.97 Å². The Hall–Kier alpha value is -2.21. The minimum Gasteiger partial charge on any atom is -0.492 e. The van der Waals surface area contributed by atoms with E-state index in [9.17, 15) is 5.11 Å². The van der Waals surface area contributed by atoms with E-state index in [-0.39, 0.29) is 0 Å². The number of hydrogen-bond donors (Lipinski definition) is 1. The molecule has 2 aromatic rings. The monoisotopic (exact) mass is 275 g/mol. The van der Waals surface area contributed by atoms with Crippen LogP contribution in [0.5, 0.6) is 11.6 Å². The van der Waals surface area contributed by atoms with Gasteiger partial charge >= 0.3 is 0 Å². The Balaban J connectivity index is 2.21. The van der Waals surface area contributed by atoms with Gasteiger partial charge in [0.15, 0.2) is 0 Å².